The number of amides is 1. The summed E-state index contributed by atoms with van der Waals surface area (Å²) in [6, 6.07) is 5.30. The third-order valence-corrected chi connectivity index (χ3v) is 4.26. The second kappa shape index (κ2) is 5.79. The number of alkyl halides is 3. The van der Waals surface area contributed by atoms with Crippen LogP contribution in [0.2, 0.25) is 0 Å². The van der Waals surface area contributed by atoms with Crippen molar-refractivity contribution < 1.29 is 22.7 Å². The van der Waals surface area contributed by atoms with E-state index in [0.29, 0.717) is 25.6 Å². The van der Waals surface area contributed by atoms with Crippen molar-refractivity contribution in [3.63, 3.8) is 0 Å². The van der Waals surface area contributed by atoms with Crippen LogP contribution >= 0.6 is 0 Å². The average Bonchev–Trinajstić information content (AvgIpc) is 2.46. The van der Waals surface area contributed by atoms with E-state index in [0.717, 1.165) is 30.7 Å². The lowest BCUT2D eigenvalue weighted by molar-refractivity contribution is -0.137. The van der Waals surface area contributed by atoms with Crippen LogP contribution in [0.3, 0.4) is 0 Å². The number of likely N-dealkylation sites (tertiary alicyclic amines) is 1. The number of rotatable bonds is 2. The molecular weight excluding hydrogens is 297 g/mol. The highest BCUT2D eigenvalue weighted by Gasteiger charge is 2.35. The van der Waals surface area contributed by atoms with Crippen molar-refractivity contribution in [2.45, 2.75) is 25.2 Å². The molecule has 0 spiro atoms. The third kappa shape index (κ3) is 3.35. The van der Waals surface area contributed by atoms with Crippen LogP contribution < -0.4 is 5.32 Å². The fourth-order valence-corrected chi connectivity index (χ4v) is 3.01. The Balaban J connectivity index is 1.60. The van der Waals surface area contributed by atoms with Crippen LogP contribution in [0.4, 0.5) is 18.0 Å². The Morgan fingerprint density at radius 1 is 1.27 bits per heavy atom. The molecule has 7 heteroatoms. The third-order valence-electron chi connectivity index (χ3n) is 4.26. The summed E-state index contributed by atoms with van der Waals surface area (Å²) in [5, 5.41) is 2.81. The molecule has 0 aliphatic carbocycles. The number of halogens is 3. The van der Waals surface area contributed by atoms with Crippen molar-refractivity contribution in [2.75, 3.05) is 19.7 Å². The van der Waals surface area contributed by atoms with Crippen molar-refractivity contribution in [3.05, 3.63) is 35.4 Å². The van der Waals surface area contributed by atoms with E-state index >= 15 is 0 Å². The minimum absolute atomic E-state index is 0.0597. The number of nitrogens with one attached hydrogen (secondary N) is 1. The molecule has 1 N–H and O–H groups in total. The largest absolute Gasteiger partial charge is 0.449 e. The number of hydrogen-bond donors (Lipinski definition) is 1. The van der Waals surface area contributed by atoms with E-state index in [1.807, 2.05) is 0 Å². The summed E-state index contributed by atoms with van der Waals surface area (Å²) in [6.07, 6.45) is -3.79. The highest BCUT2D eigenvalue weighted by Crippen LogP contribution is 2.29. The smallest absolute Gasteiger partial charge is 0.416 e. The molecule has 2 aliphatic heterocycles. The summed E-state index contributed by atoms with van der Waals surface area (Å²) in [7, 11) is 0. The molecule has 0 saturated carbocycles. The van der Waals surface area contributed by atoms with E-state index in [2.05, 4.69) is 10.2 Å². The highest BCUT2D eigenvalue weighted by molar-refractivity contribution is 5.68. The van der Waals surface area contributed by atoms with E-state index < -0.39 is 17.8 Å². The van der Waals surface area contributed by atoms with E-state index in [-0.39, 0.29) is 6.04 Å². The minimum Gasteiger partial charge on any atom is -0.449 e. The number of carbonyl (C=O) groups excluding carboxylic acids is 1. The van der Waals surface area contributed by atoms with Gasteiger partial charge in [-0.05, 0) is 30.7 Å². The predicted molar refractivity (Wildman–Crippen MR) is 73.1 cm³/mol. The van der Waals surface area contributed by atoms with Crippen molar-refractivity contribution in [1.29, 1.82) is 0 Å². The number of ether oxygens (including phenoxy) is 1. The fourth-order valence-electron chi connectivity index (χ4n) is 3.01. The topological polar surface area (TPSA) is 41.6 Å². The molecule has 2 atom stereocenters. The van der Waals surface area contributed by atoms with Gasteiger partial charge in [-0.2, -0.15) is 13.2 Å². The molecular formula is C15H17F3N2O2. The molecule has 1 amide bonds. The van der Waals surface area contributed by atoms with Gasteiger partial charge in [0.25, 0.3) is 0 Å². The van der Waals surface area contributed by atoms with E-state index in [9.17, 15) is 18.0 Å². The number of nitrogens with zero attached hydrogens (tertiary/aromatic N) is 1. The standard InChI is InChI=1S/C15H17F3N2O2/c16-15(17,18)12-3-1-10(2-4-12)7-20-6-5-11-9-22-14(21)19-13(11)8-20/h1-4,11,13H,5-9H2,(H,19,21)/t11-,13+/m0/s1. The normalized spacial score (nSPS) is 26.0. The van der Waals surface area contributed by atoms with Gasteiger partial charge in [0, 0.05) is 19.0 Å². The first-order valence-electron chi connectivity index (χ1n) is 7.23. The van der Waals surface area contributed by atoms with Crippen LogP contribution in [0.1, 0.15) is 17.5 Å². The molecule has 1 aromatic rings. The summed E-state index contributed by atoms with van der Waals surface area (Å²) < 4.78 is 42.6. The number of cyclic esters (lactones) is 1. The van der Waals surface area contributed by atoms with Gasteiger partial charge in [-0.3, -0.25) is 4.90 Å². The van der Waals surface area contributed by atoms with Gasteiger partial charge in [0.1, 0.15) is 0 Å². The van der Waals surface area contributed by atoms with Crippen LogP contribution in [0, 0.1) is 5.92 Å². The Morgan fingerprint density at radius 3 is 2.68 bits per heavy atom. The molecule has 2 heterocycles. The number of piperidine rings is 1. The SMILES string of the molecule is O=C1N[C@@H]2CN(Cc3ccc(C(F)(F)F)cc3)CC[C@H]2CO1. The Labute approximate surface area is 126 Å². The first-order chi connectivity index (χ1) is 10.4. The molecule has 2 aliphatic rings. The summed E-state index contributed by atoms with van der Waals surface area (Å²) in [5.74, 6) is 0.321. The van der Waals surface area contributed by atoms with E-state index in [4.69, 9.17) is 4.74 Å². The van der Waals surface area contributed by atoms with Crippen LogP contribution in [0.5, 0.6) is 0 Å². The Kier molecular flexibility index (Phi) is 3.99. The van der Waals surface area contributed by atoms with Crippen LogP contribution in [-0.4, -0.2) is 36.7 Å². The van der Waals surface area contributed by atoms with Crippen LogP contribution in [0.25, 0.3) is 0 Å². The molecule has 2 saturated heterocycles. The summed E-state index contributed by atoms with van der Waals surface area (Å²) in [6.45, 7) is 2.57. The Hall–Kier alpha value is -1.76. The van der Waals surface area contributed by atoms with Gasteiger partial charge >= 0.3 is 12.3 Å². The number of hydrogen-bond acceptors (Lipinski definition) is 3. The Morgan fingerprint density at radius 2 is 2.00 bits per heavy atom. The minimum atomic E-state index is -4.30. The van der Waals surface area contributed by atoms with Crippen molar-refractivity contribution in [1.82, 2.24) is 10.2 Å². The second-order valence-corrected chi connectivity index (χ2v) is 5.83. The number of carbonyl (C=O) groups is 1. The zero-order valence-electron chi connectivity index (χ0n) is 11.9. The summed E-state index contributed by atoms with van der Waals surface area (Å²) in [4.78, 5) is 13.4. The van der Waals surface area contributed by atoms with Gasteiger partial charge in [-0.1, -0.05) is 12.1 Å². The molecule has 4 nitrogen and oxygen atoms in total. The van der Waals surface area contributed by atoms with Crippen LogP contribution in [-0.2, 0) is 17.5 Å². The molecule has 120 valence electrons. The maximum Gasteiger partial charge on any atom is 0.416 e. The number of fused-ring (bicyclic) bond motifs is 1. The molecule has 2 fully saturated rings. The summed E-state index contributed by atoms with van der Waals surface area (Å²) >= 11 is 0. The quantitative estimate of drug-likeness (QED) is 0.912. The lowest BCUT2D eigenvalue weighted by atomic mass is 9.91. The molecule has 22 heavy (non-hydrogen) atoms. The maximum atomic E-state index is 12.5. The molecule has 0 aromatic heterocycles. The van der Waals surface area contributed by atoms with Crippen molar-refractivity contribution >= 4 is 6.09 Å². The fraction of sp³-hybridized carbons (Fsp3) is 0.533. The molecule has 0 unspecified atom stereocenters. The Bertz CT molecular complexity index is 545. The molecule has 0 bridgehead atoms. The summed E-state index contributed by atoms with van der Waals surface area (Å²) in [5.41, 5.74) is 0.205. The van der Waals surface area contributed by atoms with Crippen molar-refractivity contribution in [2.24, 2.45) is 5.92 Å². The van der Waals surface area contributed by atoms with Gasteiger partial charge in [0.15, 0.2) is 0 Å². The lowest BCUT2D eigenvalue weighted by Crippen LogP contribution is -2.57. The number of alkyl carbamates (subject to hydrolysis) is 1. The van der Waals surface area contributed by atoms with Gasteiger partial charge in [0.05, 0.1) is 18.2 Å². The molecule has 1 aromatic carbocycles. The van der Waals surface area contributed by atoms with Crippen molar-refractivity contribution in [3.8, 4) is 0 Å². The van der Waals surface area contributed by atoms with Crippen LogP contribution in [0.15, 0.2) is 24.3 Å². The van der Waals surface area contributed by atoms with E-state index in [1.54, 1.807) is 0 Å². The molecule has 3 rings (SSSR count). The van der Waals surface area contributed by atoms with Gasteiger partial charge in [-0.25, -0.2) is 4.79 Å². The molecule has 0 radical (unpaired) electrons. The average molecular weight is 314 g/mol. The predicted octanol–water partition coefficient (Wildman–Crippen LogP) is 2.64. The maximum absolute atomic E-state index is 12.5. The van der Waals surface area contributed by atoms with Gasteiger partial charge < -0.3 is 10.1 Å². The van der Waals surface area contributed by atoms with Gasteiger partial charge in [0.2, 0.25) is 0 Å². The van der Waals surface area contributed by atoms with E-state index in [1.165, 1.54) is 12.1 Å². The monoisotopic (exact) mass is 314 g/mol. The number of benzene rings is 1. The zero-order chi connectivity index (χ0) is 15.7. The first kappa shape index (κ1) is 15.1. The van der Waals surface area contributed by atoms with Gasteiger partial charge in [-0.15, -0.1) is 0 Å². The first-order valence-corrected chi connectivity index (χ1v) is 7.23. The second-order valence-electron chi connectivity index (χ2n) is 5.83. The lowest BCUT2D eigenvalue weighted by Gasteiger charge is -2.40. The highest BCUT2D eigenvalue weighted by atomic mass is 19.4. The zero-order valence-corrected chi connectivity index (χ0v) is 11.9.